The van der Waals surface area contributed by atoms with Gasteiger partial charge in [-0.1, -0.05) is 41.6 Å². The van der Waals surface area contributed by atoms with Gasteiger partial charge in [-0.05, 0) is 49.6 Å². The monoisotopic (exact) mass is 451 g/mol. The van der Waals surface area contributed by atoms with Gasteiger partial charge in [0.25, 0.3) is 5.56 Å². The van der Waals surface area contributed by atoms with Crippen LogP contribution in [0.15, 0.2) is 69.9 Å². The molecule has 8 heteroatoms. The van der Waals surface area contributed by atoms with E-state index < -0.39 is 0 Å². The molecule has 6 nitrogen and oxygen atoms in total. The molecule has 31 heavy (non-hydrogen) atoms. The molecule has 1 amide bonds. The molecule has 2 aromatic carbocycles. The highest BCUT2D eigenvalue weighted by Crippen LogP contribution is 2.30. The maximum absolute atomic E-state index is 12.6. The Bertz CT molecular complexity index is 1280. The van der Waals surface area contributed by atoms with Crippen molar-refractivity contribution in [2.24, 2.45) is 0 Å². The number of rotatable bonds is 7. The summed E-state index contributed by atoms with van der Waals surface area (Å²) < 4.78 is 8.18. The van der Waals surface area contributed by atoms with E-state index >= 15 is 0 Å². The first-order chi connectivity index (χ1) is 15.0. The molecule has 0 unspecified atom stereocenters. The molecule has 2 aromatic heterocycles. The average Bonchev–Trinajstić information content (AvgIpc) is 3.24. The number of fused-ring (bicyclic) bond motifs is 1. The van der Waals surface area contributed by atoms with Gasteiger partial charge in [0.2, 0.25) is 5.91 Å². The van der Waals surface area contributed by atoms with Crippen molar-refractivity contribution in [3.8, 4) is 11.5 Å². The standard InChI is InChI=1S/C23H21N3O3S2/c1-3-26-22(28)21-18(12-13-30-21)25-23(26)31-14-20(27)24-17-6-4-5-7-19(17)29-16-10-8-15(2)9-11-16/h4-13H,3,14H2,1-2H3,(H,24,27). The lowest BCUT2D eigenvalue weighted by Crippen LogP contribution is -2.22. The van der Waals surface area contributed by atoms with Crippen LogP contribution in [0.25, 0.3) is 10.2 Å². The van der Waals surface area contributed by atoms with Crippen molar-refractivity contribution in [1.29, 1.82) is 0 Å². The van der Waals surface area contributed by atoms with Crippen LogP contribution in [0.2, 0.25) is 0 Å². The molecule has 0 saturated heterocycles. The highest BCUT2D eigenvalue weighted by Gasteiger charge is 2.14. The van der Waals surface area contributed by atoms with Crippen LogP contribution >= 0.6 is 23.1 Å². The minimum absolute atomic E-state index is 0.0674. The number of aromatic nitrogens is 2. The Labute approximate surface area is 187 Å². The van der Waals surface area contributed by atoms with Crippen LogP contribution in [0.1, 0.15) is 12.5 Å². The summed E-state index contributed by atoms with van der Waals surface area (Å²) in [5.74, 6) is 1.18. The fourth-order valence-electron chi connectivity index (χ4n) is 3.02. The van der Waals surface area contributed by atoms with E-state index in [1.165, 1.54) is 23.1 Å². The Morgan fingerprint density at radius 2 is 1.94 bits per heavy atom. The van der Waals surface area contributed by atoms with Gasteiger partial charge in [-0.25, -0.2) is 4.98 Å². The zero-order chi connectivity index (χ0) is 21.8. The number of thioether (sulfide) groups is 1. The first kappa shape index (κ1) is 21.1. The second-order valence-electron chi connectivity index (χ2n) is 6.83. The highest BCUT2D eigenvalue weighted by molar-refractivity contribution is 7.99. The van der Waals surface area contributed by atoms with Crippen molar-refractivity contribution in [1.82, 2.24) is 9.55 Å². The molecule has 0 fully saturated rings. The Balaban J connectivity index is 1.47. The summed E-state index contributed by atoms with van der Waals surface area (Å²) in [4.78, 5) is 29.8. The molecule has 0 spiro atoms. The smallest absolute Gasteiger partial charge is 0.272 e. The summed E-state index contributed by atoms with van der Waals surface area (Å²) >= 11 is 2.63. The van der Waals surface area contributed by atoms with Crippen molar-refractivity contribution in [2.75, 3.05) is 11.1 Å². The largest absolute Gasteiger partial charge is 0.455 e. The van der Waals surface area contributed by atoms with Crippen molar-refractivity contribution < 1.29 is 9.53 Å². The summed E-state index contributed by atoms with van der Waals surface area (Å²) in [7, 11) is 0. The van der Waals surface area contributed by atoms with Gasteiger partial charge in [0.05, 0.1) is 17.0 Å². The molecule has 4 aromatic rings. The molecule has 1 N–H and O–H groups in total. The van der Waals surface area contributed by atoms with E-state index in [4.69, 9.17) is 4.74 Å². The van der Waals surface area contributed by atoms with Crippen LogP contribution in [0.4, 0.5) is 5.69 Å². The second kappa shape index (κ2) is 9.36. The number of thiophene rings is 1. The fourth-order valence-corrected chi connectivity index (χ4v) is 4.66. The van der Waals surface area contributed by atoms with E-state index in [1.807, 2.05) is 67.8 Å². The quantitative estimate of drug-likeness (QED) is 0.305. The number of hydrogen-bond acceptors (Lipinski definition) is 6. The Morgan fingerprint density at radius 1 is 1.16 bits per heavy atom. The van der Waals surface area contributed by atoms with E-state index in [9.17, 15) is 9.59 Å². The molecule has 158 valence electrons. The minimum Gasteiger partial charge on any atom is -0.455 e. The van der Waals surface area contributed by atoms with Crippen molar-refractivity contribution in [3.63, 3.8) is 0 Å². The van der Waals surface area contributed by atoms with Crippen molar-refractivity contribution in [3.05, 3.63) is 75.9 Å². The van der Waals surface area contributed by atoms with E-state index in [0.29, 0.717) is 39.1 Å². The van der Waals surface area contributed by atoms with Gasteiger partial charge in [0, 0.05) is 6.54 Å². The molecule has 0 bridgehead atoms. The lowest BCUT2D eigenvalue weighted by molar-refractivity contribution is -0.113. The summed E-state index contributed by atoms with van der Waals surface area (Å²) in [5, 5.41) is 5.29. The van der Waals surface area contributed by atoms with Crippen LogP contribution < -0.4 is 15.6 Å². The number of aryl methyl sites for hydroxylation is 1. The predicted molar refractivity (Wildman–Crippen MR) is 127 cm³/mol. The van der Waals surface area contributed by atoms with Crippen LogP contribution in [-0.4, -0.2) is 21.2 Å². The SMILES string of the molecule is CCn1c(SCC(=O)Nc2ccccc2Oc2ccc(C)cc2)nc2ccsc2c1=O. The third-order valence-electron chi connectivity index (χ3n) is 4.59. The van der Waals surface area contributed by atoms with E-state index in [1.54, 1.807) is 10.6 Å². The van der Waals surface area contributed by atoms with Gasteiger partial charge in [0.15, 0.2) is 10.9 Å². The molecule has 0 aliphatic carbocycles. The molecule has 0 aliphatic rings. The molecule has 0 atom stereocenters. The zero-order valence-electron chi connectivity index (χ0n) is 17.1. The normalized spacial score (nSPS) is 10.9. The first-order valence-electron chi connectivity index (χ1n) is 9.79. The van der Waals surface area contributed by atoms with E-state index in [0.717, 1.165) is 5.56 Å². The number of carbonyl (C=O) groups excluding carboxylic acids is 1. The molecule has 4 rings (SSSR count). The number of benzene rings is 2. The lowest BCUT2D eigenvalue weighted by atomic mass is 10.2. The second-order valence-corrected chi connectivity index (χ2v) is 8.69. The number of ether oxygens (including phenoxy) is 1. The molecule has 0 saturated carbocycles. The van der Waals surface area contributed by atoms with Gasteiger partial charge in [-0.15, -0.1) is 11.3 Å². The van der Waals surface area contributed by atoms with Gasteiger partial charge in [0.1, 0.15) is 10.4 Å². The van der Waals surface area contributed by atoms with Crippen LogP contribution in [-0.2, 0) is 11.3 Å². The maximum atomic E-state index is 12.6. The van der Waals surface area contributed by atoms with Crippen molar-refractivity contribution in [2.45, 2.75) is 25.5 Å². The Hall–Kier alpha value is -3.10. The number of amides is 1. The predicted octanol–water partition coefficient (Wildman–Crippen LogP) is 5.31. The van der Waals surface area contributed by atoms with Crippen molar-refractivity contribution >= 4 is 44.9 Å². The van der Waals surface area contributed by atoms with Gasteiger partial charge in [-0.2, -0.15) is 0 Å². The number of para-hydroxylation sites is 2. The average molecular weight is 452 g/mol. The summed E-state index contributed by atoms with van der Waals surface area (Å²) in [6, 6.07) is 16.8. The summed E-state index contributed by atoms with van der Waals surface area (Å²) in [6.07, 6.45) is 0. The Morgan fingerprint density at radius 3 is 2.71 bits per heavy atom. The zero-order valence-corrected chi connectivity index (χ0v) is 18.8. The lowest BCUT2D eigenvalue weighted by Gasteiger charge is -2.13. The van der Waals surface area contributed by atoms with Gasteiger partial charge >= 0.3 is 0 Å². The molecule has 0 radical (unpaired) electrons. The minimum atomic E-state index is -0.202. The number of nitrogens with one attached hydrogen (secondary N) is 1. The maximum Gasteiger partial charge on any atom is 0.272 e. The third kappa shape index (κ3) is 4.81. The molecule has 2 heterocycles. The number of nitrogens with zero attached hydrogens (tertiary/aromatic N) is 2. The van der Waals surface area contributed by atoms with E-state index in [2.05, 4.69) is 10.3 Å². The Kier molecular flexibility index (Phi) is 6.39. The number of anilines is 1. The number of carbonyl (C=O) groups is 1. The van der Waals surface area contributed by atoms with Crippen LogP contribution in [0, 0.1) is 6.92 Å². The number of hydrogen-bond donors (Lipinski definition) is 1. The molecular weight excluding hydrogens is 430 g/mol. The third-order valence-corrected chi connectivity index (χ3v) is 6.46. The topological polar surface area (TPSA) is 73.2 Å². The van der Waals surface area contributed by atoms with Crippen LogP contribution in [0.5, 0.6) is 11.5 Å². The van der Waals surface area contributed by atoms with Gasteiger partial charge < -0.3 is 10.1 Å². The van der Waals surface area contributed by atoms with E-state index in [-0.39, 0.29) is 17.2 Å². The van der Waals surface area contributed by atoms with Gasteiger partial charge in [-0.3, -0.25) is 14.2 Å². The van der Waals surface area contributed by atoms with Crippen LogP contribution in [0.3, 0.4) is 0 Å². The first-order valence-corrected chi connectivity index (χ1v) is 11.7. The molecule has 0 aliphatic heterocycles. The highest BCUT2D eigenvalue weighted by atomic mass is 32.2. The summed E-state index contributed by atoms with van der Waals surface area (Å²) in [6.45, 7) is 4.40. The molecular formula is C23H21N3O3S2. The fraction of sp³-hybridized carbons (Fsp3) is 0.174. The summed E-state index contributed by atoms with van der Waals surface area (Å²) in [5.41, 5.74) is 2.33.